The standard InChI is InChI=1S/C29H39FN2O5.C7H5NO/c1-4-20(2)18-32(29(35)31-24-13-11-23(30)12-14-24)15-16-36-25-9-6-10-26(17-25)37-19-22-8-5-7-21(3)27(22)28(33)34;9-6-8-7-4-2-1-3-5-7/h5,7-8,11-14,20,25-26H,4,6,9-10,15-19H2,1-3H3,(H,31,35)(H,33,34);1-5H. The van der Waals surface area contributed by atoms with Gasteiger partial charge in [-0.3, -0.25) is 0 Å². The molecule has 46 heavy (non-hydrogen) atoms. The molecule has 3 unspecified atom stereocenters. The monoisotopic (exact) mass is 633 g/mol. The van der Waals surface area contributed by atoms with E-state index in [4.69, 9.17) is 9.47 Å². The topological polar surface area (TPSA) is 118 Å². The lowest BCUT2D eigenvalue weighted by molar-refractivity contribution is -0.0525. The summed E-state index contributed by atoms with van der Waals surface area (Å²) in [5.74, 6) is -0.949. The van der Waals surface area contributed by atoms with Gasteiger partial charge in [0.1, 0.15) is 5.82 Å². The summed E-state index contributed by atoms with van der Waals surface area (Å²) in [4.78, 5) is 39.4. The van der Waals surface area contributed by atoms with E-state index in [-0.39, 0.29) is 30.7 Å². The lowest BCUT2D eigenvalue weighted by atomic mass is 9.94. The van der Waals surface area contributed by atoms with E-state index in [1.54, 1.807) is 48.2 Å². The maximum atomic E-state index is 13.2. The van der Waals surface area contributed by atoms with E-state index in [0.29, 0.717) is 48.1 Å². The van der Waals surface area contributed by atoms with Crippen LogP contribution < -0.4 is 5.32 Å². The van der Waals surface area contributed by atoms with Gasteiger partial charge in [-0.25, -0.2) is 18.8 Å². The number of urea groups is 1. The van der Waals surface area contributed by atoms with Gasteiger partial charge in [0.05, 0.1) is 36.7 Å². The molecule has 4 rings (SSSR count). The van der Waals surface area contributed by atoms with Crippen LogP contribution in [0, 0.1) is 18.7 Å². The lowest BCUT2D eigenvalue weighted by Gasteiger charge is -2.31. The van der Waals surface area contributed by atoms with Crippen molar-refractivity contribution in [3.8, 4) is 0 Å². The predicted octanol–water partition coefficient (Wildman–Crippen LogP) is 7.91. The van der Waals surface area contributed by atoms with Crippen LogP contribution in [-0.2, 0) is 20.9 Å². The van der Waals surface area contributed by atoms with Crippen LogP contribution in [0.15, 0.2) is 77.8 Å². The van der Waals surface area contributed by atoms with Crippen LogP contribution in [0.1, 0.15) is 67.4 Å². The Balaban J connectivity index is 0.000000549. The fourth-order valence-electron chi connectivity index (χ4n) is 5.17. The maximum Gasteiger partial charge on any atom is 0.336 e. The van der Waals surface area contributed by atoms with Gasteiger partial charge in [0.25, 0.3) is 0 Å². The van der Waals surface area contributed by atoms with Crippen molar-refractivity contribution >= 4 is 29.5 Å². The highest BCUT2D eigenvalue weighted by Gasteiger charge is 2.25. The number of rotatable bonds is 13. The molecular formula is C36H44FN3O6. The molecule has 0 heterocycles. The Labute approximate surface area is 270 Å². The van der Waals surface area contributed by atoms with Gasteiger partial charge in [0.15, 0.2) is 0 Å². The fraction of sp³-hybridized carbons (Fsp3) is 0.417. The summed E-state index contributed by atoms with van der Waals surface area (Å²) in [6.07, 6.45) is 5.98. The molecule has 2 amide bonds. The minimum absolute atomic E-state index is 0.00102. The molecule has 3 aromatic carbocycles. The third kappa shape index (κ3) is 12.2. The molecule has 246 valence electrons. The number of nitrogens with one attached hydrogen (secondary N) is 1. The Morgan fingerprint density at radius 2 is 1.74 bits per heavy atom. The number of carboxylic acid groups (broad SMARTS) is 1. The van der Waals surface area contributed by atoms with Gasteiger partial charge in [0.2, 0.25) is 6.08 Å². The molecular weight excluding hydrogens is 589 g/mol. The zero-order valence-corrected chi connectivity index (χ0v) is 26.8. The molecule has 3 aromatic rings. The summed E-state index contributed by atoms with van der Waals surface area (Å²) in [7, 11) is 0. The first-order valence-corrected chi connectivity index (χ1v) is 15.7. The molecule has 10 heteroatoms. The van der Waals surface area contributed by atoms with Gasteiger partial charge in [-0.15, -0.1) is 0 Å². The smallest absolute Gasteiger partial charge is 0.336 e. The summed E-state index contributed by atoms with van der Waals surface area (Å²) in [5.41, 5.74) is 2.92. The van der Waals surface area contributed by atoms with Gasteiger partial charge in [-0.2, -0.15) is 4.99 Å². The molecule has 9 nitrogen and oxygen atoms in total. The maximum absolute atomic E-state index is 13.2. The van der Waals surface area contributed by atoms with E-state index < -0.39 is 5.97 Å². The molecule has 0 radical (unpaired) electrons. The number of isocyanates is 1. The summed E-state index contributed by atoms with van der Waals surface area (Å²) in [5, 5.41) is 12.4. The zero-order valence-electron chi connectivity index (χ0n) is 26.8. The van der Waals surface area contributed by atoms with Crippen molar-refractivity contribution in [2.24, 2.45) is 10.9 Å². The van der Waals surface area contributed by atoms with Gasteiger partial charge < -0.3 is 24.8 Å². The average molecular weight is 634 g/mol. The minimum Gasteiger partial charge on any atom is -0.478 e. The highest BCUT2D eigenvalue weighted by Crippen LogP contribution is 2.26. The Hall–Kier alpha value is -4.37. The zero-order chi connectivity index (χ0) is 33.3. The van der Waals surface area contributed by atoms with Crippen LogP contribution in [0.2, 0.25) is 0 Å². The number of aromatic carboxylic acids is 1. The number of carbonyl (C=O) groups excluding carboxylic acids is 2. The number of amides is 2. The Morgan fingerprint density at radius 1 is 1.04 bits per heavy atom. The quantitative estimate of drug-likeness (QED) is 0.146. The van der Waals surface area contributed by atoms with Gasteiger partial charge >= 0.3 is 12.0 Å². The number of anilines is 1. The molecule has 1 fully saturated rings. The van der Waals surface area contributed by atoms with Gasteiger partial charge in [-0.05, 0) is 86.1 Å². The number of aryl methyl sites for hydroxylation is 1. The van der Waals surface area contributed by atoms with Crippen molar-refractivity contribution in [1.29, 1.82) is 0 Å². The molecule has 0 aromatic heterocycles. The molecule has 1 aliphatic rings. The van der Waals surface area contributed by atoms with Crippen molar-refractivity contribution in [3.05, 3.63) is 95.3 Å². The Bertz CT molecular complexity index is 1430. The van der Waals surface area contributed by atoms with E-state index >= 15 is 0 Å². The summed E-state index contributed by atoms with van der Waals surface area (Å²) >= 11 is 0. The average Bonchev–Trinajstić information content (AvgIpc) is 3.05. The van der Waals surface area contributed by atoms with Crippen molar-refractivity contribution in [3.63, 3.8) is 0 Å². The summed E-state index contributed by atoms with van der Waals surface area (Å²) in [6, 6.07) is 19.9. The summed E-state index contributed by atoms with van der Waals surface area (Å²) in [6.45, 7) is 7.71. The van der Waals surface area contributed by atoms with E-state index in [2.05, 4.69) is 24.2 Å². The van der Waals surface area contributed by atoms with Crippen molar-refractivity contribution in [2.75, 3.05) is 25.0 Å². The van der Waals surface area contributed by atoms with Crippen molar-refractivity contribution in [1.82, 2.24) is 4.90 Å². The second-order valence-electron chi connectivity index (χ2n) is 11.4. The van der Waals surface area contributed by atoms with E-state index in [1.807, 2.05) is 24.3 Å². The SMILES string of the molecule is CCC(C)CN(CCOC1CCCC(OCc2cccc(C)c2C(=O)O)C1)C(=O)Nc1ccc(F)cc1.O=C=Nc1ccccc1. The summed E-state index contributed by atoms with van der Waals surface area (Å²) < 4.78 is 25.5. The molecule has 2 N–H and O–H groups in total. The second-order valence-corrected chi connectivity index (χ2v) is 11.4. The number of ether oxygens (including phenoxy) is 2. The third-order valence-corrected chi connectivity index (χ3v) is 7.88. The van der Waals surface area contributed by atoms with Crippen LogP contribution in [0.4, 0.5) is 20.6 Å². The molecule has 0 saturated heterocycles. The number of benzene rings is 3. The van der Waals surface area contributed by atoms with Gasteiger partial charge in [0, 0.05) is 18.8 Å². The van der Waals surface area contributed by atoms with Crippen molar-refractivity contribution < 1.29 is 33.4 Å². The highest BCUT2D eigenvalue weighted by atomic mass is 19.1. The fourth-order valence-corrected chi connectivity index (χ4v) is 5.17. The first-order valence-electron chi connectivity index (χ1n) is 15.7. The first kappa shape index (κ1) is 36.1. The highest BCUT2D eigenvalue weighted by molar-refractivity contribution is 5.91. The van der Waals surface area contributed by atoms with Crippen molar-refractivity contribution in [2.45, 2.75) is 71.7 Å². The van der Waals surface area contributed by atoms with Crippen LogP contribution in [-0.4, -0.2) is 60.0 Å². The first-order chi connectivity index (χ1) is 22.2. The minimum atomic E-state index is -0.938. The normalized spacial score (nSPS) is 16.3. The lowest BCUT2D eigenvalue weighted by Crippen LogP contribution is -2.41. The molecule has 1 aliphatic carbocycles. The predicted molar refractivity (Wildman–Crippen MR) is 176 cm³/mol. The number of nitrogens with zero attached hydrogens (tertiary/aromatic N) is 2. The Morgan fingerprint density at radius 3 is 2.39 bits per heavy atom. The van der Waals surface area contributed by atoms with Crippen LogP contribution >= 0.6 is 0 Å². The van der Waals surface area contributed by atoms with E-state index in [1.165, 1.54) is 18.2 Å². The van der Waals surface area contributed by atoms with Crippen LogP contribution in [0.5, 0.6) is 0 Å². The van der Waals surface area contributed by atoms with Gasteiger partial charge in [-0.1, -0.05) is 56.7 Å². The van der Waals surface area contributed by atoms with E-state index in [9.17, 15) is 23.9 Å². The third-order valence-electron chi connectivity index (χ3n) is 7.88. The number of aliphatic imine (C=N–C) groups is 1. The number of hydrogen-bond acceptors (Lipinski definition) is 6. The molecule has 1 saturated carbocycles. The largest absolute Gasteiger partial charge is 0.478 e. The molecule has 3 atom stereocenters. The van der Waals surface area contributed by atoms with E-state index in [0.717, 1.165) is 37.7 Å². The number of halogens is 1. The number of para-hydroxylation sites is 1. The molecule has 0 bridgehead atoms. The van der Waals surface area contributed by atoms with Crippen LogP contribution in [0.3, 0.4) is 0 Å². The number of hydrogen-bond donors (Lipinski definition) is 2. The second kappa shape index (κ2) is 19.2. The Kier molecular flexibility index (Phi) is 15.1. The van der Waals surface area contributed by atoms with Crippen LogP contribution in [0.25, 0.3) is 0 Å². The molecule has 0 aliphatic heterocycles. The number of carboxylic acids is 1. The molecule has 0 spiro atoms. The number of carbonyl (C=O) groups is 2.